The molecule has 3 heterocycles. The highest BCUT2D eigenvalue weighted by atomic mass is 16.5. The number of aromatic nitrogens is 3. The van der Waals surface area contributed by atoms with E-state index in [1.54, 1.807) is 13.3 Å². The highest BCUT2D eigenvalue weighted by molar-refractivity contribution is 5.55. The van der Waals surface area contributed by atoms with Gasteiger partial charge in [-0.1, -0.05) is 35.0 Å². The number of rotatable bonds is 8. The van der Waals surface area contributed by atoms with E-state index in [-0.39, 0.29) is 6.04 Å². The van der Waals surface area contributed by atoms with Crippen molar-refractivity contribution in [2.24, 2.45) is 0 Å². The summed E-state index contributed by atoms with van der Waals surface area (Å²) in [7, 11) is 1.64. The van der Waals surface area contributed by atoms with Crippen molar-refractivity contribution in [1.82, 2.24) is 20.0 Å². The number of hydrogen-bond acceptors (Lipinski definition) is 7. The molecule has 0 radical (unpaired) electrons. The first-order chi connectivity index (χ1) is 14.2. The third-order valence-electron chi connectivity index (χ3n) is 5.13. The van der Waals surface area contributed by atoms with Crippen molar-refractivity contribution in [3.63, 3.8) is 0 Å². The van der Waals surface area contributed by atoms with Gasteiger partial charge in [-0.25, -0.2) is 4.98 Å². The Labute approximate surface area is 170 Å². The summed E-state index contributed by atoms with van der Waals surface area (Å²) in [5, 5.41) is 4.20. The van der Waals surface area contributed by atoms with Crippen LogP contribution < -0.4 is 4.74 Å². The minimum absolute atomic E-state index is 0.150. The van der Waals surface area contributed by atoms with E-state index < -0.39 is 0 Å². The molecular weight excluding hydrogens is 368 g/mol. The number of hydrogen-bond donors (Lipinski definition) is 0. The van der Waals surface area contributed by atoms with Crippen LogP contribution in [0.5, 0.6) is 5.88 Å². The normalized spacial score (nSPS) is 17.0. The molecule has 7 nitrogen and oxygen atoms in total. The van der Waals surface area contributed by atoms with Gasteiger partial charge < -0.3 is 14.0 Å². The first-order valence-electron chi connectivity index (χ1n) is 9.94. The van der Waals surface area contributed by atoms with Crippen LogP contribution in [-0.4, -0.2) is 46.9 Å². The smallest absolute Gasteiger partial charge is 0.244 e. The monoisotopic (exact) mass is 394 g/mol. The Morgan fingerprint density at radius 2 is 2.03 bits per heavy atom. The predicted molar refractivity (Wildman–Crippen MR) is 108 cm³/mol. The largest absolute Gasteiger partial charge is 0.475 e. The number of aryl methyl sites for hydroxylation is 1. The van der Waals surface area contributed by atoms with E-state index in [0.29, 0.717) is 30.8 Å². The van der Waals surface area contributed by atoms with Gasteiger partial charge in [0.15, 0.2) is 0 Å². The molecule has 1 aliphatic rings. The van der Waals surface area contributed by atoms with Crippen LogP contribution in [0.3, 0.4) is 0 Å². The molecule has 0 spiro atoms. The molecule has 0 bridgehead atoms. The average molecular weight is 394 g/mol. The van der Waals surface area contributed by atoms with Gasteiger partial charge in [-0.2, -0.15) is 4.98 Å². The minimum Gasteiger partial charge on any atom is -0.475 e. The van der Waals surface area contributed by atoms with Gasteiger partial charge in [0, 0.05) is 31.5 Å². The van der Waals surface area contributed by atoms with Crippen molar-refractivity contribution >= 4 is 0 Å². The molecule has 0 amide bonds. The fourth-order valence-corrected chi connectivity index (χ4v) is 3.57. The van der Waals surface area contributed by atoms with E-state index >= 15 is 0 Å². The highest BCUT2D eigenvalue weighted by Gasteiger charge is 2.30. The van der Waals surface area contributed by atoms with Crippen LogP contribution >= 0.6 is 0 Å². The van der Waals surface area contributed by atoms with E-state index in [1.807, 2.05) is 12.1 Å². The van der Waals surface area contributed by atoms with E-state index in [9.17, 15) is 0 Å². The molecular formula is C22H26N4O3. The molecule has 0 aliphatic carbocycles. The fraction of sp³-hybridized carbons (Fsp3) is 0.409. The molecule has 4 rings (SSSR count). The molecule has 1 aromatic carbocycles. The van der Waals surface area contributed by atoms with Crippen LogP contribution in [0, 0.1) is 6.92 Å². The van der Waals surface area contributed by atoms with E-state index in [4.69, 9.17) is 14.0 Å². The summed E-state index contributed by atoms with van der Waals surface area (Å²) in [6, 6.07) is 12.5. The summed E-state index contributed by atoms with van der Waals surface area (Å²) in [5.74, 6) is 1.75. The van der Waals surface area contributed by atoms with Crippen LogP contribution in [0.4, 0.5) is 0 Å². The van der Waals surface area contributed by atoms with Gasteiger partial charge in [-0.3, -0.25) is 4.90 Å². The number of nitrogens with zero attached hydrogens (tertiary/aromatic N) is 4. The van der Waals surface area contributed by atoms with Gasteiger partial charge in [0.1, 0.15) is 6.61 Å². The lowest BCUT2D eigenvalue weighted by Crippen LogP contribution is -2.23. The third-order valence-corrected chi connectivity index (χ3v) is 5.13. The van der Waals surface area contributed by atoms with Crippen molar-refractivity contribution in [2.75, 3.05) is 26.9 Å². The highest BCUT2D eigenvalue weighted by Crippen LogP contribution is 2.33. The maximum atomic E-state index is 5.64. The van der Waals surface area contributed by atoms with E-state index in [1.165, 1.54) is 11.1 Å². The Morgan fingerprint density at radius 1 is 1.17 bits per heavy atom. The quantitative estimate of drug-likeness (QED) is 0.538. The van der Waals surface area contributed by atoms with Gasteiger partial charge in [0.25, 0.3) is 0 Å². The van der Waals surface area contributed by atoms with Gasteiger partial charge in [-0.05, 0) is 37.9 Å². The number of benzene rings is 1. The van der Waals surface area contributed by atoms with Crippen LogP contribution in [-0.2, 0) is 11.3 Å². The van der Waals surface area contributed by atoms with Crippen molar-refractivity contribution in [3.8, 4) is 17.3 Å². The number of likely N-dealkylation sites (tertiary alicyclic amines) is 1. The Kier molecular flexibility index (Phi) is 6.17. The Bertz CT molecular complexity index is 926. The standard InChI is InChI=1S/C22H26N4O3/c1-16-5-7-17(8-6-16)15-26-11-3-4-19(26)22-24-21(25-29-22)18-9-10-23-20(14-18)28-13-12-27-2/h5-10,14,19H,3-4,11-13,15H2,1-2H3/t19-/m0/s1. The van der Waals surface area contributed by atoms with E-state index in [2.05, 4.69) is 51.2 Å². The number of ether oxygens (including phenoxy) is 2. The Morgan fingerprint density at radius 3 is 2.86 bits per heavy atom. The molecule has 152 valence electrons. The topological polar surface area (TPSA) is 73.5 Å². The SMILES string of the molecule is COCCOc1cc(-c2noc([C@@H]3CCCN3Cc3ccc(C)cc3)n2)ccn1. The molecule has 7 heteroatoms. The predicted octanol–water partition coefficient (Wildman–Crippen LogP) is 3.80. The van der Waals surface area contributed by atoms with Crippen molar-refractivity contribution in [2.45, 2.75) is 32.4 Å². The molecule has 1 fully saturated rings. The molecule has 3 aromatic rings. The number of pyridine rings is 1. The number of methoxy groups -OCH3 is 1. The summed E-state index contributed by atoms with van der Waals surface area (Å²) in [4.78, 5) is 11.3. The lowest BCUT2D eigenvalue weighted by molar-refractivity contribution is 0.144. The zero-order valence-corrected chi connectivity index (χ0v) is 16.9. The molecule has 0 unspecified atom stereocenters. The van der Waals surface area contributed by atoms with Crippen LogP contribution in [0.1, 0.15) is 35.9 Å². The summed E-state index contributed by atoms with van der Waals surface area (Å²) >= 11 is 0. The average Bonchev–Trinajstić information content (AvgIpc) is 3.40. The summed E-state index contributed by atoms with van der Waals surface area (Å²) in [5.41, 5.74) is 3.40. The van der Waals surface area contributed by atoms with Gasteiger partial charge in [-0.15, -0.1) is 0 Å². The summed E-state index contributed by atoms with van der Waals surface area (Å²) < 4.78 is 16.2. The molecule has 29 heavy (non-hydrogen) atoms. The zero-order chi connectivity index (χ0) is 20.1. The second-order valence-corrected chi connectivity index (χ2v) is 7.29. The Balaban J connectivity index is 1.46. The van der Waals surface area contributed by atoms with Crippen LogP contribution in [0.15, 0.2) is 47.1 Å². The Hall–Kier alpha value is -2.77. The van der Waals surface area contributed by atoms with Crippen molar-refractivity contribution in [1.29, 1.82) is 0 Å². The van der Waals surface area contributed by atoms with Gasteiger partial charge in [0.05, 0.1) is 12.6 Å². The lowest BCUT2D eigenvalue weighted by atomic mass is 10.1. The fourth-order valence-electron chi connectivity index (χ4n) is 3.57. The van der Waals surface area contributed by atoms with Crippen LogP contribution in [0.25, 0.3) is 11.4 Å². The second-order valence-electron chi connectivity index (χ2n) is 7.29. The van der Waals surface area contributed by atoms with E-state index in [0.717, 1.165) is 31.5 Å². The zero-order valence-electron chi connectivity index (χ0n) is 16.9. The van der Waals surface area contributed by atoms with Crippen molar-refractivity contribution < 1.29 is 14.0 Å². The van der Waals surface area contributed by atoms with Crippen molar-refractivity contribution in [3.05, 3.63) is 59.6 Å². The second kappa shape index (κ2) is 9.15. The molecule has 1 aliphatic heterocycles. The molecule has 1 saturated heterocycles. The maximum Gasteiger partial charge on any atom is 0.244 e. The molecule has 0 N–H and O–H groups in total. The summed E-state index contributed by atoms with van der Waals surface area (Å²) in [6.07, 6.45) is 3.84. The molecule has 1 atom stereocenters. The minimum atomic E-state index is 0.150. The lowest BCUT2D eigenvalue weighted by Gasteiger charge is -2.21. The van der Waals surface area contributed by atoms with Gasteiger partial charge >= 0.3 is 0 Å². The first-order valence-corrected chi connectivity index (χ1v) is 9.94. The molecule has 2 aromatic heterocycles. The van der Waals surface area contributed by atoms with Gasteiger partial charge in [0.2, 0.25) is 17.6 Å². The third kappa shape index (κ3) is 4.81. The molecule has 0 saturated carbocycles. The summed E-state index contributed by atoms with van der Waals surface area (Å²) in [6.45, 7) is 4.98. The van der Waals surface area contributed by atoms with Crippen LogP contribution in [0.2, 0.25) is 0 Å². The first kappa shape index (κ1) is 19.5. The maximum absolute atomic E-state index is 5.64.